The molecule has 6 nitrogen and oxygen atoms in total. The zero-order valence-electron chi connectivity index (χ0n) is 17.4. The van der Waals surface area contributed by atoms with Crippen molar-refractivity contribution in [1.82, 2.24) is 9.55 Å². The van der Waals surface area contributed by atoms with Gasteiger partial charge >= 0.3 is 5.97 Å². The van der Waals surface area contributed by atoms with Crippen LogP contribution in [0.25, 0.3) is 0 Å². The summed E-state index contributed by atoms with van der Waals surface area (Å²) in [4.78, 5) is 20.5. The van der Waals surface area contributed by atoms with E-state index in [1.165, 1.54) is 24.8 Å². The maximum atomic E-state index is 10.6. The highest BCUT2D eigenvalue weighted by Crippen LogP contribution is 2.20. The first kappa shape index (κ1) is 22.7. The Kier molecular flexibility index (Phi) is 10.6. The molecule has 0 fully saturated rings. The highest BCUT2D eigenvalue weighted by molar-refractivity contribution is 5.88. The first-order valence-corrected chi connectivity index (χ1v) is 10.6. The fourth-order valence-electron chi connectivity index (χ4n) is 3.26. The van der Waals surface area contributed by atoms with E-state index >= 15 is 0 Å². The molecule has 2 aromatic rings. The number of unbranched alkanes of at least 4 members (excludes halogenated alkanes) is 4. The Morgan fingerprint density at radius 1 is 1.14 bits per heavy atom. The molecule has 29 heavy (non-hydrogen) atoms. The highest BCUT2D eigenvalue weighted by atomic mass is 16.6. The minimum atomic E-state index is -0.770. The Hall–Kier alpha value is -2.63. The summed E-state index contributed by atoms with van der Waals surface area (Å²) in [6.45, 7) is 2.65. The Balaban J connectivity index is 2.07. The number of carbonyl (C=O) groups is 1. The molecule has 0 aliphatic heterocycles. The molecule has 1 atom stereocenters. The molecule has 158 valence electrons. The number of rotatable bonds is 15. The van der Waals surface area contributed by atoms with E-state index < -0.39 is 5.97 Å². The van der Waals surface area contributed by atoms with E-state index in [-0.39, 0.29) is 12.5 Å². The summed E-state index contributed by atoms with van der Waals surface area (Å²) in [5.41, 5.74) is 2.26. The van der Waals surface area contributed by atoms with Crippen molar-refractivity contribution >= 4 is 11.7 Å². The van der Waals surface area contributed by atoms with Gasteiger partial charge in [-0.25, -0.2) is 4.98 Å². The molecule has 6 heteroatoms. The Bertz CT molecular complexity index is 714. The normalized spacial score (nSPS) is 12.7. The van der Waals surface area contributed by atoms with Crippen LogP contribution in [0, 0.1) is 0 Å². The molecule has 1 N–H and O–H groups in total. The van der Waals surface area contributed by atoms with Crippen LogP contribution in [0.1, 0.15) is 69.9 Å². The lowest BCUT2D eigenvalue weighted by Gasteiger charge is -2.21. The number of oxime groups is 1. The monoisotopic (exact) mass is 399 g/mol. The number of imidazole rings is 1. The van der Waals surface area contributed by atoms with Crippen LogP contribution in [0.15, 0.2) is 54.2 Å². The van der Waals surface area contributed by atoms with Gasteiger partial charge in [-0.15, -0.1) is 0 Å². The Morgan fingerprint density at radius 3 is 2.62 bits per heavy atom. The number of benzene rings is 1. The first-order valence-electron chi connectivity index (χ1n) is 10.6. The summed E-state index contributed by atoms with van der Waals surface area (Å²) in [5.74, 6) is -0.770. The number of carboxylic acids is 1. The smallest absolute Gasteiger partial charge is 0.303 e. The second-order valence-electron chi connectivity index (χ2n) is 7.29. The largest absolute Gasteiger partial charge is 0.481 e. The van der Waals surface area contributed by atoms with E-state index in [4.69, 9.17) is 9.94 Å². The zero-order chi connectivity index (χ0) is 20.7. The first-order chi connectivity index (χ1) is 14.2. The van der Waals surface area contributed by atoms with E-state index in [0.717, 1.165) is 25.0 Å². The number of aliphatic carboxylic acids is 1. The molecule has 0 spiro atoms. The SMILES string of the molecule is CCCCCC/C(=N\OCCCCC(=O)O)C(Cc1ccccc1)n1ccnc1. The quantitative estimate of drug-likeness (QED) is 0.252. The summed E-state index contributed by atoms with van der Waals surface area (Å²) in [5, 5.41) is 13.3. The van der Waals surface area contributed by atoms with Gasteiger partial charge in [-0.2, -0.15) is 0 Å². The maximum Gasteiger partial charge on any atom is 0.303 e. The highest BCUT2D eigenvalue weighted by Gasteiger charge is 2.19. The lowest BCUT2D eigenvalue weighted by Crippen LogP contribution is -2.22. The van der Waals surface area contributed by atoms with Crippen molar-refractivity contribution in [2.75, 3.05) is 6.61 Å². The van der Waals surface area contributed by atoms with Gasteiger partial charge in [0.05, 0.1) is 18.1 Å². The second kappa shape index (κ2) is 13.5. The topological polar surface area (TPSA) is 76.7 Å². The molecule has 0 amide bonds. The zero-order valence-corrected chi connectivity index (χ0v) is 17.4. The van der Waals surface area contributed by atoms with Crippen molar-refractivity contribution < 1.29 is 14.7 Å². The number of nitrogens with zero attached hydrogens (tertiary/aromatic N) is 3. The van der Waals surface area contributed by atoms with Gasteiger partial charge in [0.1, 0.15) is 6.61 Å². The molecule has 0 saturated heterocycles. The van der Waals surface area contributed by atoms with Crippen molar-refractivity contribution in [2.24, 2.45) is 5.16 Å². The minimum absolute atomic E-state index is 0.0561. The van der Waals surface area contributed by atoms with E-state index in [1.54, 1.807) is 6.20 Å². The number of carboxylic acid groups (broad SMARTS) is 1. The van der Waals surface area contributed by atoms with Crippen LogP contribution < -0.4 is 0 Å². The predicted molar refractivity (Wildman–Crippen MR) is 115 cm³/mol. The second-order valence-corrected chi connectivity index (χ2v) is 7.29. The molecule has 0 aliphatic carbocycles. The van der Waals surface area contributed by atoms with Crippen LogP contribution in [0.4, 0.5) is 0 Å². The van der Waals surface area contributed by atoms with E-state index in [0.29, 0.717) is 19.4 Å². The van der Waals surface area contributed by atoms with Crippen molar-refractivity contribution in [3.63, 3.8) is 0 Å². The Morgan fingerprint density at radius 2 is 1.93 bits per heavy atom. The minimum Gasteiger partial charge on any atom is -0.481 e. The van der Waals surface area contributed by atoms with Crippen molar-refractivity contribution in [3.05, 3.63) is 54.6 Å². The van der Waals surface area contributed by atoms with Crippen LogP contribution in [-0.2, 0) is 16.1 Å². The molecular formula is C23H33N3O3. The lowest BCUT2D eigenvalue weighted by molar-refractivity contribution is -0.137. The molecule has 1 aromatic carbocycles. The van der Waals surface area contributed by atoms with Gasteiger partial charge in [0, 0.05) is 18.8 Å². The third kappa shape index (κ3) is 8.94. The van der Waals surface area contributed by atoms with Crippen LogP contribution in [0.2, 0.25) is 0 Å². The summed E-state index contributed by atoms with van der Waals surface area (Å²) >= 11 is 0. The van der Waals surface area contributed by atoms with E-state index in [9.17, 15) is 4.79 Å². The summed E-state index contributed by atoms with van der Waals surface area (Å²) in [7, 11) is 0. The molecular weight excluding hydrogens is 366 g/mol. The number of hydrogen-bond donors (Lipinski definition) is 1. The van der Waals surface area contributed by atoms with Crippen LogP contribution >= 0.6 is 0 Å². The average molecular weight is 400 g/mol. The summed E-state index contributed by atoms with van der Waals surface area (Å²) in [6.07, 6.45) is 13.4. The fraction of sp³-hybridized carbons (Fsp3) is 0.522. The Labute approximate surface area is 173 Å². The van der Waals surface area contributed by atoms with Crippen molar-refractivity contribution in [1.29, 1.82) is 0 Å². The van der Waals surface area contributed by atoms with Gasteiger partial charge in [0.2, 0.25) is 0 Å². The number of aromatic nitrogens is 2. The summed E-state index contributed by atoms with van der Waals surface area (Å²) < 4.78 is 2.10. The van der Waals surface area contributed by atoms with Crippen molar-refractivity contribution in [3.8, 4) is 0 Å². The fourth-order valence-corrected chi connectivity index (χ4v) is 3.26. The van der Waals surface area contributed by atoms with Gasteiger partial charge in [-0.05, 0) is 37.7 Å². The van der Waals surface area contributed by atoms with Gasteiger partial charge < -0.3 is 14.5 Å². The average Bonchev–Trinajstić information content (AvgIpc) is 3.25. The molecule has 0 aliphatic rings. The van der Waals surface area contributed by atoms with E-state index in [2.05, 4.69) is 45.9 Å². The van der Waals surface area contributed by atoms with Gasteiger partial charge in [0.15, 0.2) is 0 Å². The molecule has 0 saturated carbocycles. The van der Waals surface area contributed by atoms with Gasteiger partial charge in [-0.1, -0.05) is 61.7 Å². The predicted octanol–water partition coefficient (Wildman–Crippen LogP) is 5.26. The van der Waals surface area contributed by atoms with Crippen LogP contribution in [-0.4, -0.2) is 32.9 Å². The maximum absolute atomic E-state index is 10.6. The third-order valence-corrected chi connectivity index (χ3v) is 4.89. The van der Waals surface area contributed by atoms with Gasteiger partial charge in [0.25, 0.3) is 0 Å². The molecule has 0 radical (unpaired) electrons. The molecule has 1 heterocycles. The third-order valence-electron chi connectivity index (χ3n) is 4.89. The molecule has 1 aromatic heterocycles. The van der Waals surface area contributed by atoms with Gasteiger partial charge in [-0.3, -0.25) is 4.79 Å². The standard InChI is InChI=1S/C23H33N3O3/c1-2-3-4-8-13-21(25-29-17-10-9-14-23(27)28)22(26-16-15-24-19-26)18-20-11-6-5-7-12-20/h5-7,11-12,15-16,19,22H,2-4,8-10,13-14,17-18H2,1H3,(H,27,28)/b25-21+. The molecule has 1 unspecified atom stereocenters. The molecule has 2 rings (SSSR count). The molecule has 0 bridgehead atoms. The van der Waals surface area contributed by atoms with Crippen LogP contribution in [0.5, 0.6) is 0 Å². The summed E-state index contributed by atoms with van der Waals surface area (Å²) in [6, 6.07) is 10.4. The van der Waals surface area contributed by atoms with Crippen LogP contribution in [0.3, 0.4) is 0 Å². The van der Waals surface area contributed by atoms with E-state index in [1.807, 2.05) is 18.6 Å². The van der Waals surface area contributed by atoms with Crippen molar-refractivity contribution in [2.45, 2.75) is 70.8 Å². The number of hydrogen-bond acceptors (Lipinski definition) is 4. The lowest BCUT2D eigenvalue weighted by atomic mass is 9.97.